The molecular weight excluding hydrogens is 508 g/mol. The number of methoxy groups -OCH3 is 1. The van der Waals surface area contributed by atoms with Gasteiger partial charge in [0.1, 0.15) is 12.4 Å². The van der Waals surface area contributed by atoms with E-state index in [0.717, 1.165) is 34.0 Å². The van der Waals surface area contributed by atoms with Crippen molar-refractivity contribution >= 4 is 44.9 Å². The summed E-state index contributed by atoms with van der Waals surface area (Å²) in [7, 11) is 1.60. The minimum absolute atomic E-state index is 0.0299. The number of aromatic amines is 1. The topological polar surface area (TPSA) is 123 Å². The monoisotopic (exact) mass is 540 g/mol. The van der Waals surface area contributed by atoms with E-state index in [2.05, 4.69) is 20.8 Å². The molecule has 0 bridgehead atoms. The molecule has 0 aliphatic rings. The number of anilines is 3. The van der Waals surface area contributed by atoms with Gasteiger partial charge in [-0.25, -0.2) is 9.97 Å². The summed E-state index contributed by atoms with van der Waals surface area (Å²) >= 11 is 0. The first kappa shape index (κ1) is 26.9. The summed E-state index contributed by atoms with van der Waals surface area (Å²) in [6.07, 6.45) is 3.01. The molecule has 0 aliphatic heterocycles. The van der Waals surface area contributed by atoms with E-state index in [4.69, 9.17) is 24.2 Å². The van der Waals surface area contributed by atoms with E-state index in [-0.39, 0.29) is 5.91 Å². The maximum atomic E-state index is 12.2. The van der Waals surface area contributed by atoms with Crippen LogP contribution in [0.3, 0.4) is 0 Å². The van der Waals surface area contributed by atoms with Crippen molar-refractivity contribution in [3.05, 3.63) is 60.8 Å². The van der Waals surface area contributed by atoms with Crippen LogP contribution in [0.15, 0.2) is 60.8 Å². The quantitative estimate of drug-likeness (QED) is 0.163. The maximum absolute atomic E-state index is 12.2. The molecule has 10 heteroatoms. The second kappa shape index (κ2) is 12.4. The molecule has 0 aliphatic carbocycles. The number of nitrogens with zero attached hydrogens (tertiary/aromatic N) is 3. The minimum Gasteiger partial charge on any atom is -0.493 e. The second-order valence-electron chi connectivity index (χ2n) is 9.14. The summed E-state index contributed by atoms with van der Waals surface area (Å²) in [5, 5.41) is 15.2. The van der Waals surface area contributed by atoms with Gasteiger partial charge in [-0.2, -0.15) is 5.10 Å². The lowest BCUT2D eigenvalue weighted by Gasteiger charge is -2.16. The number of hydrogen-bond acceptors (Lipinski definition) is 8. The average molecular weight is 541 g/mol. The highest BCUT2D eigenvalue weighted by atomic mass is 16.5. The van der Waals surface area contributed by atoms with E-state index in [1.54, 1.807) is 13.3 Å². The van der Waals surface area contributed by atoms with Gasteiger partial charge in [-0.3, -0.25) is 9.89 Å². The van der Waals surface area contributed by atoms with Gasteiger partial charge < -0.3 is 24.8 Å². The first-order valence-electron chi connectivity index (χ1n) is 13.3. The van der Waals surface area contributed by atoms with Gasteiger partial charge in [0.2, 0.25) is 5.91 Å². The van der Waals surface area contributed by atoms with Crippen molar-refractivity contribution in [2.45, 2.75) is 26.7 Å². The Hall–Kier alpha value is -4.70. The maximum Gasteiger partial charge on any atom is 0.224 e. The Morgan fingerprint density at radius 3 is 2.70 bits per heavy atom. The van der Waals surface area contributed by atoms with E-state index in [9.17, 15) is 4.79 Å². The van der Waals surface area contributed by atoms with Gasteiger partial charge in [0.15, 0.2) is 17.3 Å². The molecule has 0 saturated heterocycles. The number of H-pyrrole nitrogens is 1. The number of aromatic nitrogens is 4. The predicted molar refractivity (Wildman–Crippen MR) is 156 cm³/mol. The Kier molecular flexibility index (Phi) is 8.36. The lowest BCUT2D eigenvalue weighted by Crippen LogP contribution is -2.10. The largest absolute Gasteiger partial charge is 0.493 e. The second-order valence-corrected chi connectivity index (χ2v) is 9.14. The van der Waals surface area contributed by atoms with Crippen molar-refractivity contribution in [1.29, 1.82) is 0 Å². The summed E-state index contributed by atoms with van der Waals surface area (Å²) in [6.45, 7) is 5.38. The molecule has 3 N–H and O–H groups in total. The smallest absolute Gasteiger partial charge is 0.224 e. The first-order valence-corrected chi connectivity index (χ1v) is 13.3. The molecule has 40 heavy (non-hydrogen) atoms. The van der Waals surface area contributed by atoms with Gasteiger partial charge in [0.25, 0.3) is 0 Å². The van der Waals surface area contributed by atoms with E-state index in [1.807, 2.05) is 68.4 Å². The SMILES string of the molecule is CCCC(=O)Nc1cccc(-c2nc(Nc3ccc4[nH]ncc4c3)c3cc(OCCOCC)c(OC)cc3n2)c1. The summed E-state index contributed by atoms with van der Waals surface area (Å²) < 4.78 is 17.0. The van der Waals surface area contributed by atoms with Crippen LogP contribution < -0.4 is 20.1 Å². The Bertz CT molecular complexity index is 1630. The minimum atomic E-state index is -0.0299. The Labute approximate surface area is 232 Å². The van der Waals surface area contributed by atoms with E-state index in [0.29, 0.717) is 60.6 Å². The van der Waals surface area contributed by atoms with Gasteiger partial charge in [0, 0.05) is 46.8 Å². The number of carbonyl (C=O) groups excluding carboxylic acids is 1. The van der Waals surface area contributed by atoms with Crippen molar-refractivity contribution in [2.24, 2.45) is 0 Å². The highest BCUT2D eigenvalue weighted by Crippen LogP contribution is 2.37. The zero-order valence-corrected chi connectivity index (χ0v) is 22.8. The third-order valence-corrected chi connectivity index (χ3v) is 6.26. The number of nitrogens with one attached hydrogen (secondary N) is 3. The van der Waals surface area contributed by atoms with Crippen LogP contribution in [0.5, 0.6) is 11.5 Å². The third-order valence-electron chi connectivity index (χ3n) is 6.26. The highest BCUT2D eigenvalue weighted by molar-refractivity contribution is 5.96. The first-order chi connectivity index (χ1) is 19.6. The number of hydrogen-bond donors (Lipinski definition) is 3. The Morgan fingerprint density at radius 2 is 1.88 bits per heavy atom. The lowest BCUT2D eigenvalue weighted by molar-refractivity contribution is -0.116. The molecular formula is C30H32N6O4. The van der Waals surface area contributed by atoms with Crippen molar-refractivity contribution in [3.8, 4) is 22.9 Å². The Morgan fingerprint density at radius 1 is 0.975 bits per heavy atom. The molecule has 2 heterocycles. The van der Waals surface area contributed by atoms with Crippen molar-refractivity contribution in [2.75, 3.05) is 37.6 Å². The van der Waals surface area contributed by atoms with Crippen LogP contribution in [0.1, 0.15) is 26.7 Å². The van der Waals surface area contributed by atoms with Crippen molar-refractivity contribution in [1.82, 2.24) is 20.2 Å². The number of carbonyl (C=O) groups is 1. The molecule has 5 rings (SSSR count). The number of benzene rings is 3. The fraction of sp³-hybridized carbons (Fsp3) is 0.267. The third kappa shape index (κ3) is 6.13. The molecule has 0 spiro atoms. The fourth-order valence-corrected chi connectivity index (χ4v) is 4.33. The molecule has 206 valence electrons. The predicted octanol–water partition coefficient (Wildman–Crippen LogP) is 6.08. The molecule has 0 radical (unpaired) electrons. The zero-order valence-electron chi connectivity index (χ0n) is 22.8. The molecule has 0 saturated carbocycles. The zero-order chi connectivity index (χ0) is 27.9. The lowest BCUT2D eigenvalue weighted by atomic mass is 10.1. The molecule has 2 aromatic heterocycles. The van der Waals surface area contributed by atoms with Gasteiger partial charge in [-0.1, -0.05) is 19.1 Å². The Balaban J connectivity index is 1.58. The van der Waals surface area contributed by atoms with Crippen LogP contribution in [0.2, 0.25) is 0 Å². The number of amides is 1. The molecule has 3 aromatic carbocycles. The fourth-order valence-electron chi connectivity index (χ4n) is 4.33. The number of fused-ring (bicyclic) bond motifs is 2. The van der Waals surface area contributed by atoms with Crippen LogP contribution in [-0.4, -0.2) is 53.0 Å². The molecule has 0 unspecified atom stereocenters. The van der Waals surface area contributed by atoms with Crippen LogP contribution in [-0.2, 0) is 9.53 Å². The number of ether oxygens (including phenoxy) is 3. The molecule has 0 atom stereocenters. The van der Waals surface area contributed by atoms with Gasteiger partial charge >= 0.3 is 0 Å². The highest BCUT2D eigenvalue weighted by Gasteiger charge is 2.16. The van der Waals surface area contributed by atoms with Crippen LogP contribution in [0.4, 0.5) is 17.2 Å². The van der Waals surface area contributed by atoms with Crippen LogP contribution in [0, 0.1) is 0 Å². The van der Waals surface area contributed by atoms with Gasteiger partial charge in [0.05, 0.1) is 30.9 Å². The molecule has 5 aromatic rings. The molecule has 10 nitrogen and oxygen atoms in total. The van der Waals surface area contributed by atoms with Gasteiger partial charge in [-0.05, 0) is 49.7 Å². The van der Waals surface area contributed by atoms with Gasteiger partial charge in [-0.15, -0.1) is 0 Å². The van der Waals surface area contributed by atoms with Crippen molar-refractivity contribution in [3.63, 3.8) is 0 Å². The molecule has 1 amide bonds. The van der Waals surface area contributed by atoms with Crippen LogP contribution in [0.25, 0.3) is 33.2 Å². The number of rotatable bonds is 12. The van der Waals surface area contributed by atoms with Crippen LogP contribution >= 0.6 is 0 Å². The van der Waals surface area contributed by atoms with E-state index in [1.165, 1.54) is 0 Å². The average Bonchev–Trinajstić information content (AvgIpc) is 3.43. The summed E-state index contributed by atoms with van der Waals surface area (Å²) in [6, 6.07) is 17.2. The van der Waals surface area contributed by atoms with E-state index >= 15 is 0 Å². The normalized spacial score (nSPS) is 11.1. The standard InChI is InChI=1S/C30H32N6O4/c1-4-7-28(37)32-21-9-6-8-19(14-21)29-34-25-17-26(38-3)27(40-13-12-39-5-2)16-23(25)30(35-29)33-22-10-11-24-20(15-22)18-31-36-24/h6,8-11,14-18H,4-5,7,12-13H2,1-3H3,(H,31,36)(H,32,37)(H,33,34,35). The van der Waals surface area contributed by atoms with Crippen molar-refractivity contribution < 1.29 is 19.0 Å². The van der Waals surface area contributed by atoms with E-state index < -0.39 is 0 Å². The summed E-state index contributed by atoms with van der Waals surface area (Å²) in [5.74, 6) is 2.19. The summed E-state index contributed by atoms with van der Waals surface area (Å²) in [5.41, 5.74) is 3.91. The molecule has 0 fully saturated rings. The summed E-state index contributed by atoms with van der Waals surface area (Å²) in [4.78, 5) is 22.0.